The lowest BCUT2D eigenvalue weighted by molar-refractivity contribution is 0.0603. The maximum Gasteiger partial charge on any atom is 0.341 e. The minimum absolute atomic E-state index is 0.315. The molecule has 0 aliphatic carbocycles. The van der Waals surface area contributed by atoms with Crippen LogP contribution < -0.4 is 15.4 Å². The van der Waals surface area contributed by atoms with Crippen molar-refractivity contribution in [2.45, 2.75) is 13.8 Å². The third-order valence-electron chi connectivity index (χ3n) is 4.26. The van der Waals surface area contributed by atoms with Crippen LogP contribution in [0.15, 0.2) is 48.5 Å². The molecule has 2 aromatic carbocycles. The molecule has 1 heterocycles. The van der Waals surface area contributed by atoms with E-state index < -0.39 is 12.0 Å². The first-order valence-electron chi connectivity index (χ1n) is 9.21. The van der Waals surface area contributed by atoms with Gasteiger partial charge >= 0.3 is 12.0 Å². The van der Waals surface area contributed by atoms with Gasteiger partial charge in [0.15, 0.2) is 0 Å². The van der Waals surface area contributed by atoms with Gasteiger partial charge in [0.05, 0.1) is 13.7 Å². The summed E-state index contributed by atoms with van der Waals surface area (Å²) in [6.07, 6.45) is 0. The van der Waals surface area contributed by atoms with Gasteiger partial charge in [-0.1, -0.05) is 23.7 Å². The normalized spacial score (nSPS) is 10.4. The van der Waals surface area contributed by atoms with Gasteiger partial charge in [0.2, 0.25) is 0 Å². The van der Waals surface area contributed by atoms with E-state index in [1.807, 2.05) is 38.1 Å². The fourth-order valence-electron chi connectivity index (χ4n) is 2.96. The Morgan fingerprint density at radius 3 is 2.30 bits per heavy atom. The number of aryl methyl sites for hydroxylation is 1. The molecule has 0 atom stereocenters. The van der Waals surface area contributed by atoms with Gasteiger partial charge in [-0.25, -0.2) is 9.59 Å². The lowest BCUT2D eigenvalue weighted by Gasteiger charge is -2.10. The molecule has 0 bridgehead atoms. The number of carbonyl (C=O) groups excluding carboxylic acids is 2. The van der Waals surface area contributed by atoms with E-state index in [2.05, 4.69) is 10.6 Å². The van der Waals surface area contributed by atoms with Crippen molar-refractivity contribution in [3.05, 3.63) is 64.0 Å². The fourth-order valence-corrected chi connectivity index (χ4v) is 4.15. The van der Waals surface area contributed by atoms with Gasteiger partial charge in [-0.2, -0.15) is 0 Å². The maximum atomic E-state index is 12.6. The predicted octanol–water partition coefficient (Wildman–Crippen LogP) is 6.21. The molecule has 0 unspecified atom stereocenters. The highest BCUT2D eigenvalue weighted by atomic mass is 35.5. The molecule has 0 radical (unpaired) electrons. The minimum atomic E-state index is -0.523. The molecule has 0 aliphatic heterocycles. The second-order valence-corrected chi connectivity index (χ2v) is 7.93. The average Bonchev–Trinajstić information content (AvgIpc) is 3.05. The van der Waals surface area contributed by atoms with Crippen LogP contribution in [-0.4, -0.2) is 25.7 Å². The highest BCUT2D eigenvalue weighted by molar-refractivity contribution is 7.17. The Bertz CT molecular complexity index is 1050. The van der Waals surface area contributed by atoms with Crippen LogP contribution in [0.5, 0.6) is 5.75 Å². The second-order valence-electron chi connectivity index (χ2n) is 6.27. The van der Waals surface area contributed by atoms with E-state index in [1.54, 1.807) is 24.3 Å². The van der Waals surface area contributed by atoms with Crippen LogP contribution in [0.4, 0.5) is 15.5 Å². The van der Waals surface area contributed by atoms with Crippen molar-refractivity contribution >= 4 is 45.6 Å². The molecule has 0 saturated heterocycles. The number of urea groups is 1. The summed E-state index contributed by atoms with van der Waals surface area (Å²) in [6, 6.07) is 13.7. The summed E-state index contributed by atoms with van der Waals surface area (Å²) in [5.74, 6) is 0.222. The molecule has 8 heteroatoms. The number of benzene rings is 2. The fraction of sp³-hybridized carbons (Fsp3) is 0.182. The van der Waals surface area contributed by atoms with Crippen LogP contribution in [0.2, 0.25) is 5.02 Å². The SMILES string of the molecule is CCOc1ccc(-c2c(C)sc(NC(=O)Nc3ccc(Cl)cc3)c2C(=O)OC)cc1. The molecule has 1 aromatic heterocycles. The number of hydrogen-bond donors (Lipinski definition) is 2. The number of methoxy groups -OCH3 is 1. The van der Waals surface area contributed by atoms with E-state index >= 15 is 0 Å². The molecule has 6 nitrogen and oxygen atoms in total. The van der Waals surface area contributed by atoms with Crippen LogP contribution >= 0.6 is 22.9 Å². The number of rotatable bonds is 6. The van der Waals surface area contributed by atoms with Crippen LogP contribution in [-0.2, 0) is 4.74 Å². The third-order valence-corrected chi connectivity index (χ3v) is 5.53. The minimum Gasteiger partial charge on any atom is -0.494 e. The Morgan fingerprint density at radius 1 is 1.03 bits per heavy atom. The second kappa shape index (κ2) is 9.65. The molecule has 2 N–H and O–H groups in total. The van der Waals surface area contributed by atoms with Gasteiger partial charge < -0.3 is 14.8 Å². The summed E-state index contributed by atoms with van der Waals surface area (Å²) in [5, 5.41) is 6.47. The van der Waals surface area contributed by atoms with Crippen molar-refractivity contribution in [2.75, 3.05) is 24.4 Å². The highest BCUT2D eigenvalue weighted by Crippen LogP contribution is 2.40. The molecule has 3 aromatic rings. The van der Waals surface area contributed by atoms with Gasteiger partial charge in [-0.05, 0) is 55.8 Å². The van der Waals surface area contributed by atoms with E-state index in [9.17, 15) is 9.59 Å². The number of ether oxygens (including phenoxy) is 2. The number of anilines is 2. The Balaban J connectivity index is 1.91. The average molecular weight is 445 g/mol. The number of carbonyl (C=O) groups is 2. The molecule has 30 heavy (non-hydrogen) atoms. The number of halogens is 1. The van der Waals surface area contributed by atoms with Crippen molar-refractivity contribution in [1.82, 2.24) is 0 Å². The quantitative estimate of drug-likeness (QED) is 0.443. The standard InChI is InChI=1S/C22H21ClN2O4S/c1-4-29-17-11-5-14(6-12-17)18-13(2)30-20(19(18)21(26)28-3)25-22(27)24-16-9-7-15(23)8-10-16/h5-12H,4H2,1-3H3,(H2,24,25,27). The van der Waals surface area contributed by atoms with Gasteiger partial charge in [0.1, 0.15) is 16.3 Å². The zero-order chi connectivity index (χ0) is 21.7. The van der Waals surface area contributed by atoms with E-state index in [4.69, 9.17) is 21.1 Å². The summed E-state index contributed by atoms with van der Waals surface area (Å²) in [4.78, 5) is 25.9. The largest absolute Gasteiger partial charge is 0.494 e. The zero-order valence-corrected chi connectivity index (χ0v) is 18.3. The molecule has 0 fully saturated rings. The van der Waals surface area contributed by atoms with Crippen LogP contribution in [0.3, 0.4) is 0 Å². The lowest BCUT2D eigenvalue weighted by atomic mass is 10.0. The predicted molar refractivity (Wildman–Crippen MR) is 121 cm³/mol. The van der Waals surface area contributed by atoms with Gasteiger partial charge in [-0.15, -0.1) is 11.3 Å². The Hall–Kier alpha value is -3.03. The zero-order valence-electron chi connectivity index (χ0n) is 16.7. The monoisotopic (exact) mass is 444 g/mol. The van der Waals surface area contributed by atoms with Gasteiger partial charge in [-0.3, -0.25) is 5.32 Å². The molecule has 0 aliphatic rings. The number of hydrogen-bond acceptors (Lipinski definition) is 5. The number of nitrogens with one attached hydrogen (secondary N) is 2. The summed E-state index contributed by atoms with van der Waals surface area (Å²) in [5.41, 5.74) is 2.45. The van der Waals surface area contributed by atoms with Crippen LogP contribution in [0.25, 0.3) is 11.1 Å². The molecule has 156 valence electrons. The van der Waals surface area contributed by atoms with Crippen molar-refractivity contribution in [1.29, 1.82) is 0 Å². The number of amides is 2. The van der Waals surface area contributed by atoms with E-state index in [-0.39, 0.29) is 0 Å². The van der Waals surface area contributed by atoms with Crippen molar-refractivity contribution in [2.24, 2.45) is 0 Å². The third kappa shape index (κ3) is 4.93. The molecular formula is C22H21ClN2O4S. The molecule has 0 spiro atoms. The van der Waals surface area contributed by atoms with Gasteiger partial charge in [0.25, 0.3) is 0 Å². The molecule has 2 amide bonds. The Labute approximate surface area is 183 Å². The summed E-state index contributed by atoms with van der Waals surface area (Å²) in [7, 11) is 1.31. The highest BCUT2D eigenvalue weighted by Gasteiger charge is 2.25. The van der Waals surface area contributed by atoms with Crippen LogP contribution in [0, 0.1) is 6.92 Å². The smallest absolute Gasteiger partial charge is 0.341 e. The first kappa shape index (κ1) is 21.7. The summed E-state index contributed by atoms with van der Waals surface area (Å²) in [6.45, 7) is 4.38. The van der Waals surface area contributed by atoms with E-state index in [0.717, 1.165) is 21.8 Å². The lowest BCUT2D eigenvalue weighted by Crippen LogP contribution is -2.20. The maximum absolute atomic E-state index is 12.6. The first-order chi connectivity index (χ1) is 14.4. The van der Waals surface area contributed by atoms with E-state index in [1.165, 1.54) is 18.4 Å². The van der Waals surface area contributed by atoms with Crippen molar-refractivity contribution in [3.63, 3.8) is 0 Å². The van der Waals surface area contributed by atoms with E-state index in [0.29, 0.717) is 27.9 Å². The molecule has 3 rings (SSSR count). The van der Waals surface area contributed by atoms with Crippen molar-refractivity contribution in [3.8, 4) is 16.9 Å². The molecular weight excluding hydrogens is 424 g/mol. The first-order valence-corrected chi connectivity index (χ1v) is 10.4. The number of esters is 1. The van der Waals surface area contributed by atoms with Crippen LogP contribution in [0.1, 0.15) is 22.2 Å². The van der Waals surface area contributed by atoms with Crippen molar-refractivity contribution < 1.29 is 19.1 Å². The topological polar surface area (TPSA) is 76.7 Å². The summed E-state index contributed by atoms with van der Waals surface area (Å²) < 4.78 is 10.5. The Kier molecular flexibility index (Phi) is 6.97. The molecule has 0 saturated carbocycles. The number of thiophene rings is 1. The van der Waals surface area contributed by atoms with Gasteiger partial charge in [0, 0.05) is 21.2 Å². The Morgan fingerprint density at radius 2 is 1.70 bits per heavy atom. The summed E-state index contributed by atoms with van der Waals surface area (Å²) >= 11 is 7.18.